The smallest absolute Gasteiger partial charge is 0.0190 e. The molecule has 0 heteroatoms. The van der Waals surface area contributed by atoms with E-state index < -0.39 is 0 Å². The molecule has 0 radical (unpaired) electrons. The second-order valence-corrected chi connectivity index (χ2v) is 3.15. The lowest BCUT2D eigenvalue weighted by atomic mass is 10.1. The van der Waals surface area contributed by atoms with Crippen molar-refractivity contribution in [2.75, 3.05) is 0 Å². The van der Waals surface area contributed by atoms with E-state index in [0.717, 1.165) is 16.7 Å². The molecule has 0 saturated heterocycles. The van der Waals surface area contributed by atoms with Gasteiger partial charge in [0.1, 0.15) is 0 Å². The third-order valence-corrected chi connectivity index (χ3v) is 1.74. The summed E-state index contributed by atoms with van der Waals surface area (Å²) < 4.78 is 0. The molecule has 0 heterocycles. The van der Waals surface area contributed by atoms with Gasteiger partial charge in [-0.3, -0.25) is 0 Å². The van der Waals surface area contributed by atoms with Crippen LogP contribution in [0.4, 0.5) is 0 Å². The summed E-state index contributed by atoms with van der Waals surface area (Å²) in [6.45, 7) is 16.4. The van der Waals surface area contributed by atoms with Crippen molar-refractivity contribution >= 4 is 5.57 Å². The molecule has 0 spiro atoms. The zero-order valence-electron chi connectivity index (χ0n) is 9.37. The first-order valence-corrected chi connectivity index (χ1v) is 4.76. The predicted octanol–water partition coefficient (Wildman–Crippen LogP) is 4.63. The van der Waals surface area contributed by atoms with Crippen LogP contribution < -0.4 is 0 Å². The standard InChI is InChI=1S/C10H10.C5H8/c1-3-9(2)10-7-5-4-6-8-10;1-4-5(2)3/h3-8H,1-2H2;4H,1-2H2,3H3. The van der Waals surface area contributed by atoms with Crippen molar-refractivity contribution in [3.8, 4) is 0 Å². The van der Waals surface area contributed by atoms with Crippen molar-refractivity contribution in [2.45, 2.75) is 6.92 Å². The number of benzene rings is 1. The highest BCUT2D eigenvalue weighted by Gasteiger charge is 1.88. The summed E-state index contributed by atoms with van der Waals surface area (Å²) in [7, 11) is 0. The van der Waals surface area contributed by atoms with E-state index in [1.807, 2.05) is 37.3 Å². The van der Waals surface area contributed by atoms with Gasteiger partial charge in [0.15, 0.2) is 0 Å². The Hall–Kier alpha value is -1.82. The zero-order chi connectivity index (χ0) is 11.7. The number of allylic oxidation sites excluding steroid dienone is 4. The molecule has 0 unspecified atom stereocenters. The molecule has 0 bridgehead atoms. The van der Waals surface area contributed by atoms with Crippen molar-refractivity contribution in [2.24, 2.45) is 0 Å². The van der Waals surface area contributed by atoms with Crippen LogP contribution in [-0.2, 0) is 0 Å². The molecule has 1 aromatic carbocycles. The van der Waals surface area contributed by atoms with E-state index in [0.29, 0.717) is 0 Å². The fraction of sp³-hybridized carbons (Fsp3) is 0.0667. The van der Waals surface area contributed by atoms with Gasteiger partial charge >= 0.3 is 0 Å². The van der Waals surface area contributed by atoms with Crippen LogP contribution in [0.15, 0.2) is 74.4 Å². The molecule has 1 aromatic rings. The molecule has 0 saturated carbocycles. The molecular formula is C15H18. The van der Waals surface area contributed by atoms with Gasteiger partial charge in [-0.15, -0.1) is 0 Å². The molecule has 0 aliphatic heterocycles. The predicted molar refractivity (Wildman–Crippen MR) is 70.7 cm³/mol. The molecule has 0 fully saturated rings. The third-order valence-electron chi connectivity index (χ3n) is 1.74. The Morgan fingerprint density at radius 3 is 1.80 bits per heavy atom. The molecule has 0 aliphatic carbocycles. The SMILES string of the molecule is C=CC(=C)C.C=CC(=C)c1ccccc1. The number of rotatable bonds is 3. The molecule has 1 rings (SSSR count). The van der Waals surface area contributed by atoms with E-state index in [9.17, 15) is 0 Å². The highest BCUT2D eigenvalue weighted by atomic mass is 13.9. The normalized spacial score (nSPS) is 8.07. The van der Waals surface area contributed by atoms with Crippen molar-refractivity contribution in [3.05, 3.63) is 79.9 Å². The first-order valence-electron chi connectivity index (χ1n) is 4.76. The first-order chi connectivity index (χ1) is 7.11. The second-order valence-electron chi connectivity index (χ2n) is 3.15. The van der Waals surface area contributed by atoms with E-state index in [1.165, 1.54) is 0 Å². The highest BCUT2D eigenvalue weighted by Crippen LogP contribution is 2.10. The number of hydrogen-bond donors (Lipinski definition) is 0. The fourth-order valence-electron chi connectivity index (χ4n) is 0.770. The summed E-state index contributed by atoms with van der Waals surface area (Å²) in [5, 5.41) is 0. The Bertz CT molecular complexity index is 342. The molecule has 15 heavy (non-hydrogen) atoms. The molecule has 0 aromatic heterocycles. The van der Waals surface area contributed by atoms with Crippen LogP contribution in [0.1, 0.15) is 12.5 Å². The minimum atomic E-state index is 0.973. The van der Waals surface area contributed by atoms with Gasteiger partial charge in [-0.25, -0.2) is 0 Å². The van der Waals surface area contributed by atoms with E-state index in [1.54, 1.807) is 12.2 Å². The first kappa shape index (κ1) is 13.2. The van der Waals surface area contributed by atoms with Crippen LogP contribution >= 0.6 is 0 Å². The van der Waals surface area contributed by atoms with Gasteiger partial charge in [-0.05, 0) is 18.1 Å². The minimum absolute atomic E-state index is 0.973. The summed E-state index contributed by atoms with van der Waals surface area (Å²) in [5.41, 5.74) is 3.13. The third kappa shape index (κ3) is 6.28. The summed E-state index contributed by atoms with van der Waals surface area (Å²) in [6.07, 6.45) is 3.48. The average molecular weight is 198 g/mol. The Labute approximate surface area is 93.0 Å². The second kappa shape index (κ2) is 7.57. The summed E-state index contributed by atoms with van der Waals surface area (Å²) >= 11 is 0. The quantitative estimate of drug-likeness (QED) is 0.621. The van der Waals surface area contributed by atoms with Crippen molar-refractivity contribution in [1.82, 2.24) is 0 Å². The van der Waals surface area contributed by atoms with Gasteiger partial charge in [-0.1, -0.05) is 74.4 Å². The minimum Gasteiger partial charge on any atom is -0.0988 e. The van der Waals surface area contributed by atoms with Crippen molar-refractivity contribution < 1.29 is 0 Å². The Kier molecular flexibility index (Phi) is 6.65. The lowest BCUT2D eigenvalue weighted by Crippen LogP contribution is -1.74. The van der Waals surface area contributed by atoms with Crippen molar-refractivity contribution in [1.29, 1.82) is 0 Å². The highest BCUT2D eigenvalue weighted by molar-refractivity contribution is 5.71. The van der Waals surface area contributed by atoms with Crippen LogP contribution in [0.3, 0.4) is 0 Å². The van der Waals surface area contributed by atoms with Crippen LogP contribution in [0, 0.1) is 0 Å². The van der Waals surface area contributed by atoms with Gasteiger partial charge in [0.2, 0.25) is 0 Å². The van der Waals surface area contributed by atoms with E-state index >= 15 is 0 Å². The number of hydrogen-bond acceptors (Lipinski definition) is 0. The molecule has 78 valence electrons. The maximum absolute atomic E-state index is 3.83. The van der Waals surface area contributed by atoms with E-state index in [4.69, 9.17) is 0 Å². The molecular weight excluding hydrogens is 180 g/mol. The van der Waals surface area contributed by atoms with Crippen LogP contribution in [0.2, 0.25) is 0 Å². The Balaban J connectivity index is 0.000000336. The molecule has 0 nitrogen and oxygen atoms in total. The maximum atomic E-state index is 3.83. The van der Waals surface area contributed by atoms with E-state index in [2.05, 4.69) is 26.3 Å². The van der Waals surface area contributed by atoms with Gasteiger partial charge in [0.05, 0.1) is 0 Å². The lowest BCUT2D eigenvalue weighted by molar-refractivity contribution is 1.58. The summed E-state index contributed by atoms with van der Waals surface area (Å²) in [6, 6.07) is 10.0. The van der Waals surface area contributed by atoms with Gasteiger partial charge in [0.25, 0.3) is 0 Å². The Morgan fingerprint density at radius 1 is 1.00 bits per heavy atom. The molecule has 0 atom stereocenters. The van der Waals surface area contributed by atoms with Gasteiger partial charge < -0.3 is 0 Å². The average Bonchev–Trinajstić information content (AvgIpc) is 2.30. The maximum Gasteiger partial charge on any atom is -0.0190 e. The van der Waals surface area contributed by atoms with E-state index in [-0.39, 0.29) is 0 Å². The molecule has 0 N–H and O–H groups in total. The lowest BCUT2D eigenvalue weighted by Gasteiger charge is -1.96. The fourth-order valence-corrected chi connectivity index (χ4v) is 0.770. The topological polar surface area (TPSA) is 0 Å². The molecule has 0 amide bonds. The monoisotopic (exact) mass is 198 g/mol. The summed E-state index contributed by atoms with van der Waals surface area (Å²) in [5.74, 6) is 0. The van der Waals surface area contributed by atoms with Gasteiger partial charge in [0, 0.05) is 0 Å². The van der Waals surface area contributed by atoms with Crippen LogP contribution in [0.25, 0.3) is 5.57 Å². The van der Waals surface area contributed by atoms with Crippen molar-refractivity contribution in [3.63, 3.8) is 0 Å². The van der Waals surface area contributed by atoms with Crippen LogP contribution in [-0.4, -0.2) is 0 Å². The summed E-state index contributed by atoms with van der Waals surface area (Å²) in [4.78, 5) is 0. The van der Waals surface area contributed by atoms with Crippen LogP contribution in [0.5, 0.6) is 0 Å². The Morgan fingerprint density at radius 2 is 1.47 bits per heavy atom. The largest absolute Gasteiger partial charge is 0.0988 e. The zero-order valence-corrected chi connectivity index (χ0v) is 9.37. The molecule has 0 aliphatic rings. The van der Waals surface area contributed by atoms with Gasteiger partial charge in [-0.2, -0.15) is 0 Å².